The highest BCUT2D eigenvalue weighted by atomic mass is 16.5. The maximum atomic E-state index is 6.06. The van der Waals surface area contributed by atoms with Crippen molar-refractivity contribution in [3.8, 4) is 11.6 Å². The summed E-state index contributed by atoms with van der Waals surface area (Å²) in [6.07, 6.45) is 1.69. The lowest BCUT2D eigenvalue weighted by Gasteiger charge is -2.11. The van der Waals surface area contributed by atoms with Crippen LogP contribution >= 0.6 is 0 Å². The lowest BCUT2D eigenvalue weighted by atomic mass is 10.1. The van der Waals surface area contributed by atoms with Crippen LogP contribution in [0.5, 0.6) is 11.6 Å². The molecule has 0 saturated carbocycles. The summed E-state index contributed by atoms with van der Waals surface area (Å²) < 4.78 is 6.06. The van der Waals surface area contributed by atoms with Crippen LogP contribution < -0.4 is 10.1 Å². The fourth-order valence-corrected chi connectivity index (χ4v) is 2.56. The van der Waals surface area contributed by atoms with Gasteiger partial charge in [0.25, 0.3) is 0 Å². The van der Waals surface area contributed by atoms with Gasteiger partial charge < -0.3 is 10.1 Å². The third kappa shape index (κ3) is 2.92. The molecule has 0 saturated heterocycles. The summed E-state index contributed by atoms with van der Waals surface area (Å²) in [6.45, 7) is 2.04. The molecule has 5 heteroatoms. The van der Waals surface area contributed by atoms with Crippen molar-refractivity contribution in [2.75, 3.05) is 5.32 Å². The van der Waals surface area contributed by atoms with Crippen molar-refractivity contribution < 1.29 is 4.74 Å². The number of aryl methyl sites for hydroxylation is 1. The second kappa shape index (κ2) is 6.04. The molecule has 0 aliphatic rings. The van der Waals surface area contributed by atoms with Crippen LogP contribution in [0.2, 0.25) is 0 Å². The average molecular weight is 316 g/mol. The van der Waals surface area contributed by atoms with Crippen LogP contribution in [0.15, 0.2) is 66.9 Å². The van der Waals surface area contributed by atoms with Crippen molar-refractivity contribution in [2.45, 2.75) is 6.92 Å². The second-order valence-corrected chi connectivity index (χ2v) is 5.55. The van der Waals surface area contributed by atoms with Gasteiger partial charge in [-0.15, -0.1) is 0 Å². The first-order valence-corrected chi connectivity index (χ1v) is 7.69. The Labute approximate surface area is 139 Å². The Morgan fingerprint density at radius 1 is 1.00 bits per heavy atom. The maximum absolute atomic E-state index is 6.06. The van der Waals surface area contributed by atoms with E-state index in [1.807, 2.05) is 67.6 Å². The standard InChI is InChI=1S/C19H16N4O/c1-13-5-4-7-15(11-13)24-19-16-8-3-2-6-14(16)12-18(22-19)21-17-9-10-20-23-17/h2-12H,1H3,(H2,20,21,22,23). The number of hydrogen-bond donors (Lipinski definition) is 2. The van der Waals surface area contributed by atoms with Crippen LogP contribution in [0.4, 0.5) is 11.6 Å². The Morgan fingerprint density at radius 3 is 2.75 bits per heavy atom. The number of ether oxygens (including phenoxy) is 1. The van der Waals surface area contributed by atoms with Crippen molar-refractivity contribution in [1.82, 2.24) is 15.2 Å². The molecule has 2 aromatic carbocycles. The molecule has 0 aliphatic carbocycles. The molecule has 0 amide bonds. The van der Waals surface area contributed by atoms with E-state index in [-0.39, 0.29) is 0 Å². The van der Waals surface area contributed by atoms with E-state index in [1.165, 1.54) is 0 Å². The van der Waals surface area contributed by atoms with Crippen molar-refractivity contribution in [1.29, 1.82) is 0 Å². The molecule has 2 heterocycles. The molecule has 4 aromatic rings. The molecule has 5 nitrogen and oxygen atoms in total. The molecule has 24 heavy (non-hydrogen) atoms. The highest BCUT2D eigenvalue weighted by molar-refractivity contribution is 5.89. The van der Waals surface area contributed by atoms with Gasteiger partial charge in [0.2, 0.25) is 5.88 Å². The molecule has 0 fully saturated rings. The van der Waals surface area contributed by atoms with Gasteiger partial charge in [0.05, 0.1) is 6.20 Å². The highest BCUT2D eigenvalue weighted by Crippen LogP contribution is 2.31. The Bertz CT molecular complexity index is 980. The summed E-state index contributed by atoms with van der Waals surface area (Å²) in [5.74, 6) is 2.81. The van der Waals surface area contributed by atoms with Crippen LogP contribution in [0.1, 0.15) is 5.56 Å². The predicted octanol–water partition coefficient (Wildman–Crippen LogP) is 4.80. The summed E-state index contributed by atoms with van der Waals surface area (Å²) in [5, 5.41) is 12.0. The molecule has 2 aromatic heterocycles. The number of benzene rings is 2. The molecule has 0 unspecified atom stereocenters. The van der Waals surface area contributed by atoms with Gasteiger partial charge in [-0.3, -0.25) is 5.10 Å². The SMILES string of the molecule is Cc1cccc(Oc2nc(Nc3ccn[nH]3)cc3ccccc23)c1. The van der Waals surface area contributed by atoms with Gasteiger partial charge in [0.15, 0.2) is 0 Å². The molecule has 2 N–H and O–H groups in total. The Hall–Kier alpha value is -3.34. The van der Waals surface area contributed by atoms with Gasteiger partial charge in [-0.05, 0) is 42.1 Å². The zero-order chi connectivity index (χ0) is 16.4. The molecule has 0 spiro atoms. The van der Waals surface area contributed by atoms with Crippen LogP contribution in [0, 0.1) is 6.92 Å². The minimum Gasteiger partial charge on any atom is -0.438 e. The molecule has 0 atom stereocenters. The smallest absolute Gasteiger partial charge is 0.229 e. The van der Waals surface area contributed by atoms with Crippen molar-refractivity contribution in [3.05, 3.63) is 72.4 Å². The largest absolute Gasteiger partial charge is 0.438 e. The second-order valence-electron chi connectivity index (χ2n) is 5.55. The Balaban J connectivity index is 1.77. The van der Waals surface area contributed by atoms with Gasteiger partial charge >= 0.3 is 0 Å². The minimum absolute atomic E-state index is 0.570. The lowest BCUT2D eigenvalue weighted by Crippen LogP contribution is -1.97. The van der Waals surface area contributed by atoms with Crippen molar-refractivity contribution >= 4 is 22.4 Å². The number of aromatic amines is 1. The van der Waals surface area contributed by atoms with E-state index in [0.29, 0.717) is 11.7 Å². The number of hydrogen-bond acceptors (Lipinski definition) is 4. The van der Waals surface area contributed by atoms with Gasteiger partial charge in [0, 0.05) is 11.5 Å². The van der Waals surface area contributed by atoms with E-state index < -0.39 is 0 Å². The normalized spacial score (nSPS) is 10.7. The molecule has 4 rings (SSSR count). The van der Waals surface area contributed by atoms with E-state index >= 15 is 0 Å². The molecule has 0 bridgehead atoms. The number of pyridine rings is 1. The number of nitrogens with one attached hydrogen (secondary N) is 2. The summed E-state index contributed by atoms with van der Waals surface area (Å²) in [6, 6.07) is 19.8. The Morgan fingerprint density at radius 2 is 1.92 bits per heavy atom. The number of rotatable bonds is 4. The zero-order valence-electron chi connectivity index (χ0n) is 13.2. The van der Waals surface area contributed by atoms with E-state index in [9.17, 15) is 0 Å². The highest BCUT2D eigenvalue weighted by Gasteiger charge is 2.09. The minimum atomic E-state index is 0.570. The maximum Gasteiger partial charge on any atom is 0.229 e. The fraction of sp³-hybridized carbons (Fsp3) is 0.0526. The number of fused-ring (bicyclic) bond motifs is 1. The topological polar surface area (TPSA) is 62.8 Å². The molecule has 118 valence electrons. The number of aromatic nitrogens is 3. The summed E-state index contributed by atoms with van der Waals surface area (Å²) >= 11 is 0. The van der Waals surface area contributed by atoms with Gasteiger partial charge in [-0.2, -0.15) is 10.1 Å². The number of anilines is 2. The van der Waals surface area contributed by atoms with Crippen LogP contribution in [-0.2, 0) is 0 Å². The predicted molar refractivity (Wildman–Crippen MR) is 94.9 cm³/mol. The average Bonchev–Trinajstić information content (AvgIpc) is 3.08. The van der Waals surface area contributed by atoms with Crippen LogP contribution in [-0.4, -0.2) is 15.2 Å². The van der Waals surface area contributed by atoms with E-state index in [0.717, 1.165) is 27.9 Å². The first-order chi connectivity index (χ1) is 11.8. The lowest BCUT2D eigenvalue weighted by molar-refractivity contribution is 0.469. The van der Waals surface area contributed by atoms with E-state index in [1.54, 1.807) is 6.20 Å². The zero-order valence-corrected chi connectivity index (χ0v) is 13.2. The quantitative estimate of drug-likeness (QED) is 0.567. The van der Waals surface area contributed by atoms with E-state index in [4.69, 9.17) is 4.74 Å². The monoisotopic (exact) mass is 316 g/mol. The van der Waals surface area contributed by atoms with Crippen molar-refractivity contribution in [2.24, 2.45) is 0 Å². The molecular formula is C19H16N4O. The van der Waals surface area contributed by atoms with Crippen LogP contribution in [0.25, 0.3) is 10.8 Å². The first kappa shape index (κ1) is 14.3. The molecule has 0 aliphatic heterocycles. The third-order valence-electron chi connectivity index (χ3n) is 3.67. The van der Waals surface area contributed by atoms with Crippen molar-refractivity contribution in [3.63, 3.8) is 0 Å². The first-order valence-electron chi connectivity index (χ1n) is 7.69. The van der Waals surface area contributed by atoms with Gasteiger partial charge in [0.1, 0.15) is 17.4 Å². The summed E-state index contributed by atoms with van der Waals surface area (Å²) in [5.41, 5.74) is 1.14. The van der Waals surface area contributed by atoms with E-state index in [2.05, 4.69) is 20.5 Å². The summed E-state index contributed by atoms with van der Waals surface area (Å²) in [4.78, 5) is 4.62. The molecule has 0 radical (unpaired) electrons. The Kier molecular flexibility index (Phi) is 3.59. The molecular weight excluding hydrogens is 300 g/mol. The van der Waals surface area contributed by atoms with Gasteiger partial charge in [-0.1, -0.05) is 30.3 Å². The number of nitrogens with zero attached hydrogens (tertiary/aromatic N) is 2. The van der Waals surface area contributed by atoms with Gasteiger partial charge in [-0.25, -0.2) is 0 Å². The number of H-pyrrole nitrogens is 1. The third-order valence-corrected chi connectivity index (χ3v) is 3.67. The van der Waals surface area contributed by atoms with Crippen LogP contribution in [0.3, 0.4) is 0 Å². The fourth-order valence-electron chi connectivity index (χ4n) is 2.56. The summed E-state index contributed by atoms with van der Waals surface area (Å²) in [7, 11) is 0.